The van der Waals surface area contributed by atoms with Gasteiger partial charge in [-0.1, -0.05) is 18.2 Å². The maximum absolute atomic E-state index is 12.8. The van der Waals surface area contributed by atoms with E-state index in [1.807, 2.05) is 28.8 Å². The number of sulfone groups is 1. The normalized spacial score (nSPS) is 16.0. The van der Waals surface area contributed by atoms with Crippen LogP contribution < -0.4 is 5.32 Å². The zero-order chi connectivity index (χ0) is 23.3. The predicted molar refractivity (Wildman–Crippen MR) is 128 cm³/mol. The molecular formula is C24H35N3O4S. The van der Waals surface area contributed by atoms with Crippen LogP contribution in [0.25, 0.3) is 10.9 Å². The Hall–Kier alpha value is -2.19. The van der Waals surface area contributed by atoms with E-state index in [4.69, 9.17) is 0 Å². The van der Waals surface area contributed by atoms with E-state index in [1.54, 1.807) is 6.20 Å². The van der Waals surface area contributed by atoms with Crippen LogP contribution in [0.15, 0.2) is 30.5 Å². The van der Waals surface area contributed by atoms with E-state index in [0.717, 1.165) is 49.7 Å². The molecule has 0 unspecified atom stereocenters. The topological polar surface area (TPSA) is 88.5 Å². The Morgan fingerprint density at radius 3 is 2.50 bits per heavy atom. The van der Waals surface area contributed by atoms with Crippen molar-refractivity contribution in [1.29, 1.82) is 0 Å². The second-order valence-electron chi connectivity index (χ2n) is 9.20. The van der Waals surface area contributed by atoms with Crippen molar-refractivity contribution in [2.24, 2.45) is 5.92 Å². The van der Waals surface area contributed by atoms with E-state index < -0.39 is 21.5 Å². The van der Waals surface area contributed by atoms with Crippen LogP contribution in [0, 0.1) is 5.92 Å². The molecule has 1 aromatic carbocycles. The third-order valence-electron chi connectivity index (χ3n) is 6.30. The quantitative estimate of drug-likeness (QED) is 0.434. The molecule has 0 atom stereocenters. The van der Waals surface area contributed by atoms with Gasteiger partial charge in [0.15, 0.2) is 0 Å². The number of nitrogens with one attached hydrogen (secondary N) is 1. The number of carbonyl (C=O) groups excluding carboxylic acids is 2. The summed E-state index contributed by atoms with van der Waals surface area (Å²) in [6, 6.07) is 7.86. The number of benzene rings is 1. The smallest absolute Gasteiger partial charge is 0.292 e. The average Bonchev–Trinajstić information content (AvgIpc) is 3.13. The molecule has 1 saturated heterocycles. The van der Waals surface area contributed by atoms with Gasteiger partial charge in [0.2, 0.25) is 0 Å². The van der Waals surface area contributed by atoms with Crippen LogP contribution in [-0.2, 0) is 14.6 Å². The first-order valence-electron chi connectivity index (χ1n) is 11.5. The summed E-state index contributed by atoms with van der Waals surface area (Å²) in [6.07, 6.45) is 6.85. The number of para-hydroxylation sites is 1. The third-order valence-corrected chi connectivity index (χ3v) is 7.33. The highest BCUT2D eigenvalue weighted by Gasteiger charge is 2.23. The van der Waals surface area contributed by atoms with E-state index in [-0.39, 0.29) is 11.8 Å². The molecule has 1 aliphatic heterocycles. The summed E-state index contributed by atoms with van der Waals surface area (Å²) in [5.41, 5.74) is 1.40. The van der Waals surface area contributed by atoms with Crippen molar-refractivity contribution in [3.05, 3.63) is 36.0 Å². The third kappa shape index (κ3) is 6.42. The molecular weight excluding hydrogens is 426 g/mol. The lowest BCUT2D eigenvalue weighted by Crippen LogP contribution is -2.41. The Morgan fingerprint density at radius 2 is 1.84 bits per heavy atom. The van der Waals surface area contributed by atoms with Gasteiger partial charge >= 0.3 is 0 Å². The van der Waals surface area contributed by atoms with Gasteiger partial charge in [-0.15, -0.1) is 0 Å². The maximum atomic E-state index is 12.8. The minimum Gasteiger partial charge on any atom is -0.348 e. The summed E-state index contributed by atoms with van der Waals surface area (Å²) in [5, 5.41) is 3.59. The highest BCUT2D eigenvalue weighted by atomic mass is 32.2. The van der Waals surface area contributed by atoms with Crippen molar-refractivity contribution in [3.63, 3.8) is 0 Å². The number of piperidine rings is 1. The molecule has 8 heteroatoms. The number of Topliss-reactive ketones (excluding diaryl/α,β-unsaturated/α-hetero) is 1. The van der Waals surface area contributed by atoms with E-state index in [0.29, 0.717) is 24.6 Å². The number of likely N-dealkylation sites (tertiary alicyclic amines) is 1. The lowest BCUT2D eigenvalue weighted by Gasteiger charge is -2.31. The second kappa shape index (κ2) is 10.6. The molecule has 0 radical (unpaired) electrons. The SMILES string of the molecule is CC(C)n1cc(C(=O)C(=O)NCCN2CCC(CCCS(C)(=O)=O)CC2)c2ccccc21. The number of nitrogens with zero attached hydrogens (tertiary/aromatic N) is 2. The molecule has 1 N–H and O–H groups in total. The summed E-state index contributed by atoms with van der Waals surface area (Å²) in [5.74, 6) is -0.219. The standard InChI is InChI=1S/C24H35N3O4S/c1-18(2)27-17-21(20-8-4-5-9-22(20)27)23(28)24(29)25-12-15-26-13-10-19(11-14-26)7-6-16-32(3,30)31/h4-5,8-9,17-19H,6-7,10-16H2,1-3H3,(H,25,29). The minimum atomic E-state index is -2.88. The van der Waals surface area contributed by atoms with E-state index in [2.05, 4.69) is 24.1 Å². The van der Waals surface area contributed by atoms with Crippen LogP contribution in [0.5, 0.6) is 0 Å². The fourth-order valence-corrected chi connectivity index (χ4v) is 5.17. The van der Waals surface area contributed by atoms with Gasteiger partial charge in [-0.25, -0.2) is 8.42 Å². The number of hydrogen-bond donors (Lipinski definition) is 1. The van der Waals surface area contributed by atoms with Crippen LogP contribution in [0.3, 0.4) is 0 Å². The van der Waals surface area contributed by atoms with Gasteiger partial charge in [-0.3, -0.25) is 9.59 Å². The molecule has 0 aliphatic carbocycles. The Labute approximate surface area is 191 Å². The van der Waals surface area contributed by atoms with Gasteiger partial charge in [0.05, 0.1) is 5.56 Å². The van der Waals surface area contributed by atoms with Crippen LogP contribution >= 0.6 is 0 Å². The molecule has 32 heavy (non-hydrogen) atoms. The minimum absolute atomic E-state index is 0.193. The summed E-state index contributed by atoms with van der Waals surface area (Å²) in [4.78, 5) is 27.6. The van der Waals surface area contributed by atoms with Gasteiger partial charge in [-0.2, -0.15) is 0 Å². The maximum Gasteiger partial charge on any atom is 0.292 e. The van der Waals surface area contributed by atoms with Crippen molar-refractivity contribution >= 4 is 32.4 Å². The van der Waals surface area contributed by atoms with Crippen molar-refractivity contribution in [1.82, 2.24) is 14.8 Å². The van der Waals surface area contributed by atoms with Crippen LogP contribution in [-0.4, -0.2) is 67.8 Å². The number of aromatic nitrogens is 1. The molecule has 1 fully saturated rings. The van der Waals surface area contributed by atoms with E-state index >= 15 is 0 Å². The largest absolute Gasteiger partial charge is 0.348 e. The monoisotopic (exact) mass is 461 g/mol. The molecule has 0 bridgehead atoms. The van der Waals surface area contributed by atoms with E-state index in [1.165, 1.54) is 6.26 Å². The summed E-state index contributed by atoms with van der Waals surface area (Å²) < 4.78 is 24.6. The Bertz CT molecular complexity index is 1050. The second-order valence-corrected chi connectivity index (χ2v) is 11.5. The van der Waals surface area contributed by atoms with Gasteiger partial charge in [-0.05, 0) is 64.6 Å². The van der Waals surface area contributed by atoms with Crippen LogP contribution in [0.4, 0.5) is 0 Å². The molecule has 1 aromatic heterocycles. The van der Waals surface area contributed by atoms with Gasteiger partial charge < -0.3 is 14.8 Å². The van der Waals surface area contributed by atoms with Crippen molar-refractivity contribution in [3.8, 4) is 0 Å². The highest BCUT2D eigenvalue weighted by molar-refractivity contribution is 7.90. The Balaban J connectivity index is 1.45. The van der Waals surface area contributed by atoms with Crippen molar-refractivity contribution in [2.45, 2.75) is 45.6 Å². The van der Waals surface area contributed by atoms with Crippen LogP contribution in [0.2, 0.25) is 0 Å². The molecule has 176 valence electrons. The van der Waals surface area contributed by atoms with Gasteiger partial charge in [0.25, 0.3) is 11.7 Å². The molecule has 3 rings (SSSR count). The molecule has 0 saturated carbocycles. The number of ketones is 1. The lowest BCUT2D eigenvalue weighted by molar-refractivity contribution is -0.117. The Kier molecular flexibility index (Phi) is 8.11. The van der Waals surface area contributed by atoms with Crippen molar-refractivity contribution < 1.29 is 18.0 Å². The molecule has 2 aromatic rings. The van der Waals surface area contributed by atoms with Gasteiger partial charge in [0.1, 0.15) is 9.84 Å². The predicted octanol–water partition coefficient (Wildman–Crippen LogP) is 3.06. The van der Waals surface area contributed by atoms with Crippen LogP contribution in [0.1, 0.15) is 55.9 Å². The zero-order valence-corrected chi connectivity index (χ0v) is 20.2. The number of rotatable bonds is 10. The first kappa shape index (κ1) is 24.5. The fraction of sp³-hybridized carbons (Fsp3) is 0.583. The molecule has 1 amide bonds. The summed E-state index contributed by atoms with van der Waals surface area (Å²) >= 11 is 0. The fourth-order valence-electron chi connectivity index (χ4n) is 4.48. The Morgan fingerprint density at radius 1 is 1.16 bits per heavy atom. The number of fused-ring (bicyclic) bond motifs is 1. The molecule has 7 nitrogen and oxygen atoms in total. The van der Waals surface area contributed by atoms with Crippen molar-refractivity contribution in [2.75, 3.05) is 38.2 Å². The van der Waals surface area contributed by atoms with Gasteiger partial charge in [0, 0.05) is 48.2 Å². The lowest BCUT2D eigenvalue weighted by atomic mass is 9.92. The summed E-state index contributed by atoms with van der Waals surface area (Å²) in [7, 11) is -2.88. The molecule has 2 heterocycles. The molecule has 0 spiro atoms. The zero-order valence-electron chi connectivity index (χ0n) is 19.3. The first-order chi connectivity index (χ1) is 15.2. The average molecular weight is 462 g/mol. The highest BCUT2D eigenvalue weighted by Crippen LogP contribution is 2.25. The number of amides is 1. The summed E-state index contributed by atoms with van der Waals surface area (Å²) in [6.45, 7) is 7.13. The first-order valence-corrected chi connectivity index (χ1v) is 13.5. The molecule has 1 aliphatic rings. The van der Waals surface area contributed by atoms with E-state index in [9.17, 15) is 18.0 Å². The number of hydrogen-bond acceptors (Lipinski definition) is 5. The number of carbonyl (C=O) groups is 2.